The summed E-state index contributed by atoms with van der Waals surface area (Å²) in [6.07, 6.45) is 1.99. The summed E-state index contributed by atoms with van der Waals surface area (Å²) in [4.78, 5) is 17.1. The lowest BCUT2D eigenvalue weighted by Gasteiger charge is -2.08. The summed E-state index contributed by atoms with van der Waals surface area (Å²) < 4.78 is 30.0. The van der Waals surface area contributed by atoms with Gasteiger partial charge in [-0.2, -0.15) is 10.2 Å². The quantitative estimate of drug-likeness (QED) is 0.541. The Kier molecular flexibility index (Phi) is 5.03. The summed E-state index contributed by atoms with van der Waals surface area (Å²) in [5.41, 5.74) is 1.76. The molecule has 1 amide bonds. The van der Waals surface area contributed by atoms with Crippen molar-refractivity contribution < 1.29 is 13.6 Å². The van der Waals surface area contributed by atoms with E-state index < -0.39 is 12.3 Å². The van der Waals surface area contributed by atoms with Gasteiger partial charge in [0, 0.05) is 30.4 Å². The summed E-state index contributed by atoms with van der Waals surface area (Å²) in [6.45, 7) is 2.95. The lowest BCUT2D eigenvalue weighted by molar-refractivity contribution is 0.0952. The van der Waals surface area contributed by atoms with E-state index in [0.29, 0.717) is 11.3 Å². The van der Waals surface area contributed by atoms with Crippen molar-refractivity contribution in [3.63, 3.8) is 0 Å². The first kappa shape index (κ1) is 18.7. The van der Waals surface area contributed by atoms with Crippen LogP contribution in [0.4, 0.5) is 8.78 Å². The van der Waals surface area contributed by atoms with E-state index in [2.05, 4.69) is 20.5 Å². The monoisotopic (exact) mass is 396 g/mol. The Labute approximate surface area is 165 Å². The molecular weight excluding hydrogens is 378 g/mol. The predicted octanol–water partition coefficient (Wildman–Crippen LogP) is 3.48. The van der Waals surface area contributed by atoms with Gasteiger partial charge in [-0.3, -0.25) is 9.48 Å². The molecule has 3 heterocycles. The number of aromatic nitrogens is 5. The summed E-state index contributed by atoms with van der Waals surface area (Å²) in [5.74, 6) is -0.442. The van der Waals surface area contributed by atoms with Crippen LogP contribution >= 0.6 is 0 Å². The van der Waals surface area contributed by atoms with Crippen molar-refractivity contribution in [1.29, 1.82) is 0 Å². The molecule has 1 aromatic carbocycles. The van der Waals surface area contributed by atoms with E-state index in [1.165, 1.54) is 12.3 Å². The van der Waals surface area contributed by atoms with Gasteiger partial charge in [-0.1, -0.05) is 30.3 Å². The molecule has 1 N–H and O–H groups in total. The third-order valence-corrected chi connectivity index (χ3v) is 4.50. The minimum atomic E-state index is -2.77. The summed E-state index contributed by atoms with van der Waals surface area (Å²) >= 11 is 0. The van der Waals surface area contributed by atoms with Gasteiger partial charge in [0.2, 0.25) is 0 Å². The molecule has 148 valence electrons. The zero-order chi connectivity index (χ0) is 20.4. The number of hydrogen-bond donors (Lipinski definition) is 1. The highest BCUT2D eigenvalue weighted by Crippen LogP contribution is 2.26. The highest BCUT2D eigenvalue weighted by Gasteiger charge is 2.21. The number of alkyl halides is 2. The molecule has 0 aliphatic carbocycles. The van der Waals surface area contributed by atoms with Crippen LogP contribution < -0.4 is 5.32 Å². The van der Waals surface area contributed by atoms with Crippen LogP contribution in [0, 0.1) is 0 Å². The zero-order valence-corrected chi connectivity index (χ0v) is 15.6. The molecule has 0 radical (unpaired) electrons. The average Bonchev–Trinajstić information content (AvgIpc) is 3.38. The second kappa shape index (κ2) is 7.78. The third kappa shape index (κ3) is 3.71. The van der Waals surface area contributed by atoms with Crippen LogP contribution in [0.3, 0.4) is 0 Å². The van der Waals surface area contributed by atoms with E-state index in [1.807, 2.05) is 19.2 Å². The van der Waals surface area contributed by atoms with Crippen LogP contribution in [0.5, 0.6) is 0 Å². The number of carbonyl (C=O) groups is 1. The van der Waals surface area contributed by atoms with Crippen LogP contribution in [0.25, 0.3) is 16.9 Å². The average molecular weight is 396 g/mol. The van der Waals surface area contributed by atoms with Gasteiger partial charge in [0.15, 0.2) is 5.65 Å². The van der Waals surface area contributed by atoms with Crippen molar-refractivity contribution in [2.24, 2.45) is 0 Å². The molecule has 3 aromatic heterocycles. The second-order valence-corrected chi connectivity index (χ2v) is 6.41. The molecule has 4 aromatic rings. The first-order chi connectivity index (χ1) is 14.1. The van der Waals surface area contributed by atoms with E-state index in [0.717, 1.165) is 16.6 Å². The van der Waals surface area contributed by atoms with Crippen LogP contribution in [-0.2, 0) is 13.1 Å². The normalized spacial score (nSPS) is 11.3. The maximum atomic E-state index is 13.6. The van der Waals surface area contributed by atoms with Gasteiger partial charge in [-0.05, 0) is 13.0 Å². The number of rotatable bonds is 6. The molecule has 4 rings (SSSR count). The van der Waals surface area contributed by atoms with Crippen molar-refractivity contribution in [3.8, 4) is 11.3 Å². The number of fused-ring (bicyclic) bond motifs is 1. The van der Waals surface area contributed by atoms with Gasteiger partial charge in [0.05, 0.1) is 18.1 Å². The first-order valence-corrected chi connectivity index (χ1v) is 9.08. The second-order valence-electron chi connectivity index (χ2n) is 6.41. The van der Waals surface area contributed by atoms with Crippen LogP contribution in [0.15, 0.2) is 55.0 Å². The fourth-order valence-electron chi connectivity index (χ4n) is 3.01. The smallest absolute Gasteiger partial charge is 0.280 e. The maximum Gasteiger partial charge on any atom is 0.280 e. The predicted molar refractivity (Wildman–Crippen MR) is 102 cm³/mol. The lowest BCUT2D eigenvalue weighted by atomic mass is 10.1. The van der Waals surface area contributed by atoms with Crippen LogP contribution in [0.2, 0.25) is 0 Å². The van der Waals surface area contributed by atoms with Crippen LogP contribution in [-0.4, -0.2) is 30.3 Å². The topological polar surface area (TPSA) is 77.1 Å². The number of carbonyl (C=O) groups excluding carboxylic acids is 1. The van der Waals surface area contributed by atoms with E-state index in [4.69, 9.17) is 0 Å². The number of aryl methyl sites for hydroxylation is 1. The van der Waals surface area contributed by atoms with Gasteiger partial charge in [0.25, 0.3) is 12.3 Å². The third-order valence-electron chi connectivity index (χ3n) is 4.50. The van der Waals surface area contributed by atoms with E-state index in [1.54, 1.807) is 35.1 Å². The van der Waals surface area contributed by atoms with Gasteiger partial charge >= 0.3 is 0 Å². The SMILES string of the molecule is CCn1cc(CNC(=O)c2cnn3c(C(F)F)cc(-c4ccccc4)nc23)cn1. The molecule has 7 nitrogen and oxygen atoms in total. The van der Waals surface area contributed by atoms with Crippen molar-refractivity contribution >= 4 is 11.6 Å². The molecule has 29 heavy (non-hydrogen) atoms. The largest absolute Gasteiger partial charge is 0.348 e. The minimum absolute atomic E-state index is 0.0865. The Balaban J connectivity index is 1.69. The molecule has 0 unspecified atom stereocenters. The van der Waals surface area contributed by atoms with Crippen molar-refractivity contribution in [1.82, 2.24) is 29.7 Å². The summed E-state index contributed by atoms with van der Waals surface area (Å²) in [6, 6.07) is 10.3. The Morgan fingerprint density at radius 2 is 1.97 bits per heavy atom. The molecule has 9 heteroatoms. The number of amides is 1. The van der Waals surface area contributed by atoms with Crippen molar-refractivity contribution in [3.05, 3.63) is 71.8 Å². The molecule has 0 atom stereocenters. The first-order valence-electron chi connectivity index (χ1n) is 9.08. The number of hydrogen-bond acceptors (Lipinski definition) is 4. The fraction of sp³-hybridized carbons (Fsp3) is 0.200. The number of nitrogens with one attached hydrogen (secondary N) is 1. The highest BCUT2D eigenvalue weighted by molar-refractivity contribution is 5.99. The minimum Gasteiger partial charge on any atom is -0.348 e. The molecule has 0 aliphatic heterocycles. The van der Waals surface area contributed by atoms with Gasteiger partial charge in [-0.15, -0.1) is 0 Å². The summed E-state index contributed by atoms with van der Waals surface area (Å²) in [7, 11) is 0. The molecule has 0 spiro atoms. The number of benzene rings is 1. The molecule has 0 saturated carbocycles. The molecule has 0 aliphatic rings. The Morgan fingerprint density at radius 3 is 2.66 bits per heavy atom. The highest BCUT2D eigenvalue weighted by atomic mass is 19.3. The zero-order valence-electron chi connectivity index (χ0n) is 15.6. The van der Waals surface area contributed by atoms with Gasteiger partial charge in [0.1, 0.15) is 11.3 Å². The number of halogens is 2. The molecule has 0 bridgehead atoms. The van der Waals surface area contributed by atoms with E-state index >= 15 is 0 Å². The van der Waals surface area contributed by atoms with E-state index in [-0.39, 0.29) is 23.4 Å². The maximum absolute atomic E-state index is 13.6. The Morgan fingerprint density at radius 1 is 1.17 bits per heavy atom. The van der Waals surface area contributed by atoms with Crippen LogP contribution in [0.1, 0.15) is 35.0 Å². The Hall–Kier alpha value is -3.62. The van der Waals surface area contributed by atoms with Gasteiger partial charge < -0.3 is 5.32 Å². The number of nitrogens with zero attached hydrogens (tertiary/aromatic N) is 5. The molecule has 0 saturated heterocycles. The fourth-order valence-corrected chi connectivity index (χ4v) is 3.01. The van der Waals surface area contributed by atoms with Crippen molar-refractivity contribution in [2.45, 2.75) is 26.4 Å². The van der Waals surface area contributed by atoms with Gasteiger partial charge in [-0.25, -0.2) is 18.3 Å². The van der Waals surface area contributed by atoms with E-state index in [9.17, 15) is 13.6 Å². The standard InChI is InChI=1S/C20H18F2N6O/c1-2-27-12-13(10-24-27)9-23-20(29)15-11-25-28-17(18(21)22)8-16(26-19(15)28)14-6-4-3-5-7-14/h3-8,10-12,18H,2,9H2,1H3,(H,23,29). The summed E-state index contributed by atoms with van der Waals surface area (Å²) in [5, 5.41) is 10.9. The van der Waals surface area contributed by atoms with Crippen molar-refractivity contribution in [2.75, 3.05) is 0 Å². The lowest BCUT2D eigenvalue weighted by Crippen LogP contribution is -2.22. The molecule has 0 fully saturated rings. The Bertz CT molecular complexity index is 1150. The molecular formula is C20H18F2N6O.